The second kappa shape index (κ2) is 7.83. The summed E-state index contributed by atoms with van der Waals surface area (Å²) in [5.41, 5.74) is 0.370. The first kappa shape index (κ1) is 20.2. The van der Waals surface area contributed by atoms with Gasteiger partial charge in [0, 0.05) is 27.7 Å². The van der Waals surface area contributed by atoms with Gasteiger partial charge in [0.15, 0.2) is 0 Å². The predicted molar refractivity (Wildman–Crippen MR) is 107 cm³/mol. The lowest BCUT2D eigenvalue weighted by atomic mass is 10.2. The number of aliphatic carboxylic acids is 1. The molecule has 0 radical (unpaired) electrons. The van der Waals surface area contributed by atoms with Gasteiger partial charge in [0.25, 0.3) is 10.0 Å². The van der Waals surface area contributed by atoms with Crippen LogP contribution in [0, 0.1) is 0 Å². The number of methoxy groups -OCH3 is 1. The van der Waals surface area contributed by atoms with Gasteiger partial charge in [-0.15, -0.1) is 0 Å². The third-order valence-corrected chi connectivity index (χ3v) is 6.04. The van der Waals surface area contributed by atoms with Crippen molar-refractivity contribution >= 4 is 55.8 Å². The number of hydrogen-bond donors (Lipinski definition) is 1. The van der Waals surface area contributed by atoms with Crippen LogP contribution in [0.4, 0.5) is 5.69 Å². The first-order valence-corrected chi connectivity index (χ1v) is 10.1. The van der Waals surface area contributed by atoms with Crippen LogP contribution in [0.25, 0.3) is 10.9 Å². The van der Waals surface area contributed by atoms with Crippen LogP contribution >= 0.6 is 23.2 Å². The molecule has 0 aliphatic heterocycles. The molecule has 0 aliphatic carbocycles. The highest BCUT2D eigenvalue weighted by Crippen LogP contribution is 2.35. The van der Waals surface area contributed by atoms with Gasteiger partial charge >= 0.3 is 5.97 Å². The topological polar surface area (TPSA) is 96.8 Å². The minimum Gasteiger partial charge on any atom is -0.497 e. The number of pyridine rings is 1. The van der Waals surface area contributed by atoms with E-state index in [9.17, 15) is 18.3 Å². The van der Waals surface area contributed by atoms with E-state index < -0.39 is 22.5 Å². The highest BCUT2D eigenvalue weighted by molar-refractivity contribution is 7.92. The summed E-state index contributed by atoms with van der Waals surface area (Å²) in [6, 6.07) is 10.3. The van der Waals surface area contributed by atoms with Crippen LogP contribution in [0.2, 0.25) is 10.0 Å². The van der Waals surface area contributed by atoms with Gasteiger partial charge in [-0.25, -0.2) is 8.42 Å². The molecule has 0 amide bonds. The van der Waals surface area contributed by atoms with Gasteiger partial charge in [-0.2, -0.15) is 0 Å². The van der Waals surface area contributed by atoms with E-state index in [1.165, 1.54) is 37.6 Å². The Morgan fingerprint density at radius 2 is 1.86 bits per heavy atom. The van der Waals surface area contributed by atoms with Gasteiger partial charge in [-0.05, 0) is 30.3 Å². The maximum absolute atomic E-state index is 13.3. The fraction of sp³-hybridized carbons (Fsp3) is 0.111. The zero-order valence-corrected chi connectivity index (χ0v) is 16.8. The van der Waals surface area contributed by atoms with Crippen molar-refractivity contribution in [3.63, 3.8) is 0 Å². The number of rotatable bonds is 6. The van der Waals surface area contributed by atoms with E-state index >= 15 is 0 Å². The van der Waals surface area contributed by atoms with E-state index in [0.29, 0.717) is 16.7 Å². The third-order valence-electron chi connectivity index (χ3n) is 3.87. The molecule has 7 nitrogen and oxygen atoms in total. The molecule has 0 spiro atoms. The molecule has 0 atom stereocenters. The van der Waals surface area contributed by atoms with Crippen molar-refractivity contribution in [2.45, 2.75) is 4.90 Å². The number of fused-ring (bicyclic) bond motifs is 1. The number of benzene rings is 2. The Morgan fingerprint density at radius 1 is 1.18 bits per heavy atom. The van der Waals surface area contributed by atoms with Crippen molar-refractivity contribution in [1.29, 1.82) is 0 Å². The van der Waals surface area contributed by atoms with E-state index in [-0.39, 0.29) is 20.6 Å². The second-order valence-corrected chi connectivity index (χ2v) is 8.47. The van der Waals surface area contributed by atoms with Crippen LogP contribution in [-0.4, -0.2) is 38.1 Å². The number of hydrogen-bond acceptors (Lipinski definition) is 5. The number of aromatic nitrogens is 1. The summed E-state index contributed by atoms with van der Waals surface area (Å²) in [4.78, 5) is 15.5. The minimum absolute atomic E-state index is 0.0634. The zero-order valence-electron chi connectivity index (χ0n) is 14.5. The van der Waals surface area contributed by atoms with Crippen molar-refractivity contribution < 1.29 is 23.1 Å². The summed E-state index contributed by atoms with van der Waals surface area (Å²) in [6.07, 6.45) is 1.49. The van der Waals surface area contributed by atoms with Crippen LogP contribution in [0.1, 0.15) is 0 Å². The minimum atomic E-state index is -4.32. The van der Waals surface area contributed by atoms with Crippen LogP contribution in [0.15, 0.2) is 53.6 Å². The standard InChI is InChI=1S/C18H14Cl2N2O5S/c1-27-14-5-11-3-2-4-21-18(11)16(9-14)22(10-17(23)24)28(25,26)15-7-12(19)6-13(20)8-15/h2-9H,10H2,1H3,(H,23,24). The Kier molecular flexibility index (Phi) is 5.64. The number of carboxylic acid groups (broad SMARTS) is 1. The molecule has 146 valence electrons. The smallest absolute Gasteiger partial charge is 0.324 e. The normalized spacial score (nSPS) is 11.4. The average Bonchev–Trinajstić information content (AvgIpc) is 2.64. The largest absolute Gasteiger partial charge is 0.497 e. The fourth-order valence-electron chi connectivity index (χ4n) is 2.68. The molecule has 0 saturated carbocycles. The molecule has 1 aromatic heterocycles. The Balaban J connectivity index is 2.29. The molecule has 1 heterocycles. The molecule has 0 unspecified atom stereocenters. The lowest BCUT2D eigenvalue weighted by Crippen LogP contribution is -2.36. The molecule has 3 rings (SSSR count). The maximum atomic E-state index is 13.3. The number of anilines is 1. The van der Waals surface area contributed by atoms with Gasteiger partial charge < -0.3 is 9.84 Å². The fourth-order valence-corrected chi connectivity index (χ4v) is 4.82. The van der Waals surface area contributed by atoms with Gasteiger partial charge in [0.2, 0.25) is 0 Å². The number of carbonyl (C=O) groups is 1. The molecule has 2 aromatic carbocycles. The number of nitrogens with zero attached hydrogens (tertiary/aromatic N) is 2. The number of ether oxygens (including phenoxy) is 1. The molecule has 10 heteroatoms. The van der Waals surface area contributed by atoms with Gasteiger partial charge in [0.05, 0.1) is 23.2 Å². The second-order valence-electron chi connectivity index (χ2n) is 5.73. The van der Waals surface area contributed by atoms with E-state index in [0.717, 1.165) is 4.31 Å². The molecule has 0 bridgehead atoms. The van der Waals surface area contributed by atoms with E-state index in [1.54, 1.807) is 18.2 Å². The summed E-state index contributed by atoms with van der Waals surface area (Å²) in [6.45, 7) is -0.828. The van der Waals surface area contributed by atoms with Crippen molar-refractivity contribution in [3.8, 4) is 5.75 Å². The summed E-state index contributed by atoms with van der Waals surface area (Å²) in [7, 11) is -2.90. The monoisotopic (exact) mass is 440 g/mol. The molecule has 0 fully saturated rings. The Labute approximate surface area is 171 Å². The van der Waals surface area contributed by atoms with Crippen LogP contribution in [0.5, 0.6) is 5.75 Å². The van der Waals surface area contributed by atoms with Crippen molar-refractivity contribution in [2.24, 2.45) is 0 Å². The molecular formula is C18H14Cl2N2O5S. The van der Waals surface area contributed by atoms with E-state index in [2.05, 4.69) is 4.98 Å². The summed E-state index contributed by atoms with van der Waals surface area (Å²) in [5.74, 6) is -0.992. The number of carboxylic acids is 1. The van der Waals surface area contributed by atoms with Crippen molar-refractivity contribution in [2.75, 3.05) is 18.0 Å². The maximum Gasteiger partial charge on any atom is 0.324 e. The molecule has 1 N–H and O–H groups in total. The average molecular weight is 441 g/mol. The summed E-state index contributed by atoms with van der Waals surface area (Å²) >= 11 is 11.9. The van der Waals surface area contributed by atoms with E-state index in [4.69, 9.17) is 27.9 Å². The van der Waals surface area contributed by atoms with Crippen LogP contribution < -0.4 is 9.04 Å². The SMILES string of the molecule is COc1cc(N(CC(=O)O)S(=O)(=O)c2cc(Cl)cc(Cl)c2)c2ncccc2c1. The highest BCUT2D eigenvalue weighted by Gasteiger charge is 2.30. The lowest BCUT2D eigenvalue weighted by Gasteiger charge is -2.24. The molecule has 28 heavy (non-hydrogen) atoms. The number of halogens is 2. The van der Waals surface area contributed by atoms with E-state index in [1.807, 2.05) is 0 Å². The summed E-state index contributed by atoms with van der Waals surface area (Å²) < 4.78 is 32.6. The molecular weight excluding hydrogens is 427 g/mol. The molecule has 0 saturated heterocycles. The quantitative estimate of drug-likeness (QED) is 0.625. The van der Waals surface area contributed by atoms with Crippen LogP contribution in [0.3, 0.4) is 0 Å². The van der Waals surface area contributed by atoms with Crippen molar-refractivity contribution in [1.82, 2.24) is 4.98 Å². The summed E-state index contributed by atoms with van der Waals surface area (Å²) in [5, 5.41) is 10.2. The van der Waals surface area contributed by atoms with Gasteiger partial charge in [-0.3, -0.25) is 14.1 Å². The first-order valence-electron chi connectivity index (χ1n) is 7.86. The third kappa shape index (κ3) is 3.99. The highest BCUT2D eigenvalue weighted by atomic mass is 35.5. The van der Waals surface area contributed by atoms with Crippen molar-refractivity contribution in [3.05, 3.63) is 58.7 Å². The predicted octanol–water partition coefficient (Wildman–Crippen LogP) is 3.83. The Bertz CT molecular complexity index is 1150. The zero-order chi connectivity index (χ0) is 20.5. The first-order chi connectivity index (χ1) is 13.2. The molecule has 3 aromatic rings. The Hall–Kier alpha value is -2.55. The van der Waals surface area contributed by atoms with Gasteiger partial charge in [0.1, 0.15) is 12.3 Å². The molecule has 0 aliphatic rings. The lowest BCUT2D eigenvalue weighted by molar-refractivity contribution is -0.135. The van der Waals surface area contributed by atoms with Crippen LogP contribution in [-0.2, 0) is 14.8 Å². The van der Waals surface area contributed by atoms with Gasteiger partial charge in [-0.1, -0.05) is 29.3 Å². The Morgan fingerprint density at radius 3 is 2.46 bits per heavy atom. The number of sulfonamides is 1.